The zero-order valence-electron chi connectivity index (χ0n) is 15.5. The van der Waals surface area contributed by atoms with Gasteiger partial charge in [-0.25, -0.2) is 9.97 Å². The number of likely N-dealkylation sites (tertiary alicyclic amines) is 1. The molecule has 1 amide bonds. The summed E-state index contributed by atoms with van der Waals surface area (Å²) < 4.78 is 1.83. The Hall–Kier alpha value is -2.86. The molecule has 3 heterocycles. The van der Waals surface area contributed by atoms with Crippen molar-refractivity contribution in [2.45, 2.75) is 25.3 Å². The molecule has 146 valence electrons. The first-order valence-electron chi connectivity index (χ1n) is 9.20. The Kier molecular flexibility index (Phi) is 5.05. The van der Waals surface area contributed by atoms with E-state index in [9.17, 15) is 4.79 Å². The van der Waals surface area contributed by atoms with Crippen molar-refractivity contribution in [1.29, 1.82) is 5.26 Å². The Balaban J connectivity index is 1.37. The number of aryl methyl sites for hydroxylation is 1. The van der Waals surface area contributed by atoms with E-state index in [0.717, 1.165) is 25.9 Å². The number of rotatable bonds is 5. The van der Waals surface area contributed by atoms with Crippen LogP contribution >= 0.6 is 11.6 Å². The minimum Gasteiger partial charge on any atom is -0.366 e. The van der Waals surface area contributed by atoms with Crippen molar-refractivity contribution in [3.8, 4) is 6.07 Å². The first-order chi connectivity index (χ1) is 13.5. The van der Waals surface area contributed by atoms with E-state index in [-0.39, 0.29) is 18.4 Å². The van der Waals surface area contributed by atoms with Gasteiger partial charge in [-0.15, -0.1) is 0 Å². The average Bonchev–Trinajstić information content (AvgIpc) is 3.33. The number of halogens is 1. The lowest BCUT2D eigenvalue weighted by Crippen LogP contribution is -2.30. The van der Waals surface area contributed by atoms with Gasteiger partial charge in [0.05, 0.1) is 18.6 Å². The predicted molar refractivity (Wildman–Crippen MR) is 104 cm³/mol. The highest BCUT2D eigenvalue weighted by Crippen LogP contribution is 2.39. The van der Waals surface area contributed by atoms with Crippen LogP contribution in [0.5, 0.6) is 0 Å². The Morgan fingerprint density at radius 3 is 2.75 bits per heavy atom. The average molecular weight is 401 g/mol. The van der Waals surface area contributed by atoms with Crippen molar-refractivity contribution in [3.05, 3.63) is 23.7 Å². The predicted octanol–water partition coefficient (Wildman–Crippen LogP) is 2.17. The molecule has 0 aromatic carbocycles. The van der Waals surface area contributed by atoms with Crippen LogP contribution in [0, 0.1) is 23.2 Å². The largest absolute Gasteiger partial charge is 0.366 e. The molecule has 1 saturated heterocycles. The lowest BCUT2D eigenvalue weighted by Gasteiger charge is -2.20. The quantitative estimate of drug-likeness (QED) is 0.790. The highest BCUT2D eigenvalue weighted by atomic mass is 35.5. The number of nitrogens with one attached hydrogen (secondary N) is 2. The number of anilines is 3. The zero-order chi connectivity index (χ0) is 19.7. The van der Waals surface area contributed by atoms with E-state index in [4.69, 9.17) is 16.9 Å². The highest BCUT2D eigenvalue weighted by Gasteiger charge is 2.42. The van der Waals surface area contributed by atoms with Gasteiger partial charge in [-0.1, -0.05) is 11.6 Å². The SMILES string of the molecule is Cn1cnc(Nc2ncc(Cl)c(NC3CC4CN(C(=O)CC#N)CC4C3)n2)c1. The van der Waals surface area contributed by atoms with Gasteiger partial charge in [0, 0.05) is 32.4 Å². The molecule has 1 aliphatic heterocycles. The van der Waals surface area contributed by atoms with E-state index < -0.39 is 0 Å². The maximum absolute atomic E-state index is 11.9. The van der Waals surface area contributed by atoms with Crippen LogP contribution < -0.4 is 10.6 Å². The highest BCUT2D eigenvalue weighted by molar-refractivity contribution is 6.32. The maximum Gasteiger partial charge on any atom is 0.236 e. The van der Waals surface area contributed by atoms with Crippen molar-refractivity contribution in [2.75, 3.05) is 23.7 Å². The Bertz CT molecular complexity index is 909. The number of nitriles is 1. The van der Waals surface area contributed by atoms with Gasteiger partial charge in [0.25, 0.3) is 0 Å². The number of fused-ring (bicyclic) bond motifs is 1. The normalized spacial score (nSPS) is 23.3. The van der Waals surface area contributed by atoms with Gasteiger partial charge in [0.2, 0.25) is 11.9 Å². The monoisotopic (exact) mass is 400 g/mol. The number of amides is 1. The van der Waals surface area contributed by atoms with E-state index in [1.165, 1.54) is 0 Å². The zero-order valence-corrected chi connectivity index (χ0v) is 16.2. The summed E-state index contributed by atoms with van der Waals surface area (Å²) in [6.07, 6.45) is 6.96. The smallest absolute Gasteiger partial charge is 0.236 e. The molecule has 2 aromatic rings. The first-order valence-corrected chi connectivity index (χ1v) is 9.58. The van der Waals surface area contributed by atoms with E-state index in [2.05, 4.69) is 25.6 Å². The maximum atomic E-state index is 11.9. The summed E-state index contributed by atoms with van der Waals surface area (Å²) in [5.74, 6) is 2.52. The summed E-state index contributed by atoms with van der Waals surface area (Å²) in [4.78, 5) is 26.6. The number of carbonyl (C=O) groups is 1. The standard InChI is InChI=1S/C18H21ClN8O/c1-26-9-15(22-10-26)24-18-21-6-14(19)17(25-18)23-13-4-11-7-27(8-12(11)5-13)16(28)2-3-20/h6,9-13H,2,4-5,7-8H2,1H3,(H2,21,23,24,25). The topological polar surface area (TPSA) is 112 Å². The van der Waals surface area contributed by atoms with E-state index in [1.54, 1.807) is 12.5 Å². The molecule has 0 radical (unpaired) electrons. The molecule has 2 fully saturated rings. The molecule has 1 saturated carbocycles. The second-order valence-electron chi connectivity index (χ2n) is 7.41. The molecular formula is C18H21ClN8O. The van der Waals surface area contributed by atoms with Gasteiger partial charge in [0.1, 0.15) is 11.4 Å². The van der Waals surface area contributed by atoms with Crippen LogP contribution in [0.3, 0.4) is 0 Å². The molecule has 28 heavy (non-hydrogen) atoms. The van der Waals surface area contributed by atoms with Crippen LogP contribution in [0.15, 0.2) is 18.7 Å². The Labute approximate surface area is 167 Å². The number of imidazole rings is 1. The molecule has 0 spiro atoms. The number of hydrogen-bond acceptors (Lipinski definition) is 7. The van der Waals surface area contributed by atoms with Crippen molar-refractivity contribution >= 4 is 35.1 Å². The number of nitrogens with zero attached hydrogens (tertiary/aromatic N) is 6. The van der Waals surface area contributed by atoms with Gasteiger partial charge in [-0.05, 0) is 24.7 Å². The summed E-state index contributed by atoms with van der Waals surface area (Å²) in [5.41, 5.74) is 0. The van der Waals surface area contributed by atoms with Crippen LogP contribution in [-0.4, -0.2) is 49.5 Å². The summed E-state index contributed by atoms with van der Waals surface area (Å²) >= 11 is 6.28. The van der Waals surface area contributed by atoms with E-state index >= 15 is 0 Å². The molecule has 2 aromatic heterocycles. The summed E-state index contributed by atoms with van der Waals surface area (Å²) in [6, 6.07) is 2.19. The van der Waals surface area contributed by atoms with Crippen LogP contribution in [-0.2, 0) is 11.8 Å². The third kappa shape index (κ3) is 3.87. The van der Waals surface area contributed by atoms with Crippen LogP contribution in [0.25, 0.3) is 0 Å². The minimum absolute atomic E-state index is 0.0380. The third-order valence-corrected chi connectivity index (χ3v) is 5.64. The second-order valence-corrected chi connectivity index (χ2v) is 7.81. The molecule has 2 unspecified atom stereocenters. The fourth-order valence-corrected chi connectivity index (χ4v) is 4.26. The number of carbonyl (C=O) groups excluding carboxylic acids is 1. The lowest BCUT2D eigenvalue weighted by atomic mass is 10.0. The fraction of sp³-hybridized carbons (Fsp3) is 0.500. The third-order valence-electron chi connectivity index (χ3n) is 5.36. The van der Waals surface area contributed by atoms with Crippen molar-refractivity contribution in [2.24, 2.45) is 18.9 Å². The van der Waals surface area contributed by atoms with Gasteiger partial charge in [-0.3, -0.25) is 4.79 Å². The van der Waals surface area contributed by atoms with Gasteiger partial charge in [-0.2, -0.15) is 10.2 Å². The van der Waals surface area contributed by atoms with Crippen LogP contribution in [0.4, 0.5) is 17.6 Å². The van der Waals surface area contributed by atoms with Crippen molar-refractivity contribution < 1.29 is 4.79 Å². The van der Waals surface area contributed by atoms with Crippen LogP contribution in [0.2, 0.25) is 5.02 Å². The molecule has 2 aliphatic rings. The molecule has 2 atom stereocenters. The molecule has 1 aliphatic carbocycles. The van der Waals surface area contributed by atoms with Gasteiger partial charge >= 0.3 is 0 Å². The first kappa shape index (κ1) is 18.5. The minimum atomic E-state index is -0.0644. The number of hydrogen-bond donors (Lipinski definition) is 2. The molecule has 2 N–H and O–H groups in total. The molecule has 0 bridgehead atoms. The Morgan fingerprint density at radius 1 is 1.36 bits per heavy atom. The number of aromatic nitrogens is 4. The fourth-order valence-electron chi connectivity index (χ4n) is 4.11. The summed E-state index contributed by atoms with van der Waals surface area (Å²) in [7, 11) is 1.89. The van der Waals surface area contributed by atoms with Crippen molar-refractivity contribution in [1.82, 2.24) is 24.4 Å². The molecular weight excluding hydrogens is 380 g/mol. The van der Waals surface area contributed by atoms with E-state index in [0.29, 0.717) is 34.4 Å². The van der Waals surface area contributed by atoms with Crippen LogP contribution in [0.1, 0.15) is 19.3 Å². The lowest BCUT2D eigenvalue weighted by molar-refractivity contribution is -0.129. The van der Waals surface area contributed by atoms with E-state index in [1.807, 2.05) is 28.8 Å². The van der Waals surface area contributed by atoms with Gasteiger partial charge < -0.3 is 20.1 Å². The molecule has 9 nitrogen and oxygen atoms in total. The second kappa shape index (κ2) is 7.64. The van der Waals surface area contributed by atoms with Gasteiger partial charge in [0.15, 0.2) is 11.6 Å². The summed E-state index contributed by atoms with van der Waals surface area (Å²) in [6.45, 7) is 1.46. The van der Waals surface area contributed by atoms with Crippen molar-refractivity contribution in [3.63, 3.8) is 0 Å². The molecule has 4 rings (SSSR count). The summed E-state index contributed by atoms with van der Waals surface area (Å²) in [5, 5.41) is 15.7. The molecule has 10 heteroatoms. The Morgan fingerprint density at radius 2 is 2.11 bits per heavy atom.